The van der Waals surface area contributed by atoms with E-state index in [2.05, 4.69) is 30.7 Å². The summed E-state index contributed by atoms with van der Waals surface area (Å²) in [5, 5.41) is 7.71. The van der Waals surface area contributed by atoms with Crippen LogP contribution in [-0.2, 0) is 0 Å². The standard InChI is InChI=1S/C6H4BrN3O/c7-5-3-8-10(4-5)6-1-2-11-9-6/h1-4H. The molecule has 56 valence electrons. The maximum atomic E-state index is 4.65. The van der Waals surface area contributed by atoms with Crippen LogP contribution >= 0.6 is 15.9 Å². The third-order valence-corrected chi connectivity index (χ3v) is 1.62. The lowest BCUT2D eigenvalue weighted by Crippen LogP contribution is -1.92. The fourth-order valence-electron chi connectivity index (χ4n) is 0.750. The lowest BCUT2D eigenvalue weighted by Gasteiger charge is -1.88. The molecule has 11 heavy (non-hydrogen) atoms. The Kier molecular flexibility index (Phi) is 1.50. The molecule has 2 aromatic heterocycles. The highest BCUT2D eigenvalue weighted by Gasteiger charge is 1.99. The number of halogens is 1. The Bertz CT molecular complexity index is 340. The predicted octanol–water partition coefficient (Wildman–Crippen LogP) is 1.62. The molecule has 0 radical (unpaired) electrons. The van der Waals surface area contributed by atoms with Crippen molar-refractivity contribution in [3.8, 4) is 5.82 Å². The van der Waals surface area contributed by atoms with Crippen molar-refractivity contribution >= 4 is 15.9 Å². The van der Waals surface area contributed by atoms with Crippen molar-refractivity contribution in [2.24, 2.45) is 0 Å². The summed E-state index contributed by atoms with van der Waals surface area (Å²) in [4.78, 5) is 0. The van der Waals surface area contributed by atoms with E-state index < -0.39 is 0 Å². The van der Waals surface area contributed by atoms with Crippen molar-refractivity contribution in [2.45, 2.75) is 0 Å². The summed E-state index contributed by atoms with van der Waals surface area (Å²) in [5.74, 6) is 0.677. The van der Waals surface area contributed by atoms with Crippen molar-refractivity contribution < 1.29 is 4.52 Å². The molecule has 2 aromatic rings. The first-order valence-corrected chi connectivity index (χ1v) is 3.76. The van der Waals surface area contributed by atoms with Crippen LogP contribution < -0.4 is 0 Å². The number of aromatic nitrogens is 3. The Balaban J connectivity index is 2.45. The maximum absolute atomic E-state index is 4.65. The van der Waals surface area contributed by atoms with Gasteiger partial charge in [-0.3, -0.25) is 0 Å². The minimum Gasteiger partial charge on any atom is -0.363 e. The minimum absolute atomic E-state index is 0.677. The molecule has 0 bridgehead atoms. The van der Waals surface area contributed by atoms with Gasteiger partial charge in [0.1, 0.15) is 6.26 Å². The summed E-state index contributed by atoms with van der Waals surface area (Å²) < 4.78 is 7.19. The largest absolute Gasteiger partial charge is 0.363 e. The molecule has 0 spiro atoms. The normalized spacial score (nSPS) is 10.3. The van der Waals surface area contributed by atoms with Crippen molar-refractivity contribution in [2.75, 3.05) is 0 Å². The van der Waals surface area contributed by atoms with Gasteiger partial charge in [0.2, 0.25) is 0 Å². The number of rotatable bonds is 1. The first-order chi connectivity index (χ1) is 5.36. The molecule has 0 fully saturated rings. The summed E-state index contributed by atoms with van der Waals surface area (Å²) >= 11 is 3.28. The molecule has 0 unspecified atom stereocenters. The van der Waals surface area contributed by atoms with E-state index in [1.54, 1.807) is 23.1 Å². The second-order valence-corrected chi connectivity index (χ2v) is 2.88. The van der Waals surface area contributed by atoms with Gasteiger partial charge < -0.3 is 4.52 Å². The second kappa shape index (κ2) is 2.50. The van der Waals surface area contributed by atoms with Crippen LogP contribution in [0.25, 0.3) is 5.82 Å². The smallest absolute Gasteiger partial charge is 0.196 e. The first-order valence-electron chi connectivity index (χ1n) is 2.97. The molecule has 0 saturated carbocycles. The highest BCUT2D eigenvalue weighted by Crippen LogP contribution is 2.09. The van der Waals surface area contributed by atoms with Crippen LogP contribution in [0.5, 0.6) is 0 Å². The Labute approximate surface area is 70.9 Å². The molecule has 0 atom stereocenters. The van der Waals surface area contributed by atoms with Crippen molar-refractivity contribution in [3.63, 3.8) is 0 Å². The zero-order valence-electron chi connectivity index (χ0n) is 5.44. The van der Waals surface area contributed by atoms with Crippen LogP contribution in [0.4, 0.5) is 0 Å². The summed E-state index contributed by atoms with van der Waals surface area (Å²) in [5.41, 5.74) is 0. The first kappa shape index (κ1) is 6.60. The number of hydrogen-bond acceptors (Lipinski definition) is 3. The van der Waals surface area contributed by atoms with Gasteiger partial charge in [-0.15, -0.1) is 0 Å². The minimum atomic E-state index is 0.677. The summed E-state index contributed by atoms with van der Waals surface area (Å²) in [6.07, 6.45) is 5.00. The van der Waals surface area contributed by atoms with Crippen molar-refractivity contribution in [3.05, 3.63) is 29.2 Å². The average molecular weight is 214 g/mol. The summed E-state index contributed by atoms with van der Waals surface area (Å²) in [7, 11) is 0. The average Bonchev–Trinajstić information content (AvgIpc) is 2.55. The molecular weight excluding hydrogens is 210 g/mol. The van der Waals surface area contributed by atoms with Gasteiger partial charge in [-0.1, -0.05) is 5.16 Å². The molecule has 5 heteroatoms. The van der Waals surface area contributed by atoms with Gasteiger partial charge in [0, 0.05) is 12.3 Å². The fraction of sp³-hybridized carbons (Fsp3) is 0. The molecule has 0 saturated heterocycles. The Morgan fingerprint density at radius 3 is 3.00 bits per heavy atom. The lowest BCUT2D eigenvalue weighted by atomic mass is 10.6. The zero-order valence-corrected chi connectivity index (χ0v) is 7.02. The van der Waals surface area contributed by atoms with Gasteiger partial charge in [0.15, 0.2) is 5.82 Å². The monoisotopic (exact) mass is 213 g/mol. The molecule has 0 aliphatic rings. The van der Waals surface area contributed by atoms with Crippen LogP contribution in [-0.4, -0.2) is 14.9 Å². The lowest BCUT2D eigenvalue weighted by molar-refractivity contribution is 0.415. The van der Waals surface area contributed by atoms with Gasteiger partial charge in [-0.05, 0) is 15.9 Å². The highest BCUT2D eigenvalue weighted by atomic mass is 79.9. The van der Waals surface area contributed by atoms with E-state index in [-0.39, 0.29) is 0 Å². The SMILES string of the molecule is Brc1cnn(-c2ccon2)c1. The van der Waals surface area contributed by atoms with Crippen molar-refractivity contribution in [1.82, 2.24) is 14.9 Å². The summed E-state index contributed by atoms with van der Waals surface area (Å²) in [6, 6.07) is 1.74. The van der Waals surface area contributed by atoms with E-state index in [9.17, 15) is 0 Å². The predicted molar refractivity (Wildman–Crippen MR) is 41.3 cm³/mol. The van der Waals surface area contributed by atoms with Crippen LogP contribution in [0, 0.1) is 0 Å². The Morgan fingerprint density at radius 1 is 1.55 bits per heavy atom. The third-order valence-electron chi connectivity index (χ3n) is 1.21. The van der Waals surface area contributed by atoms with Crippen LogP contribution in [0.1, 0.15) is 0 Å². The van der Waals surface area contributed by atoms with Gasteiger partial charge in [0.25, 0.3) is 0 Å². The number of nitrogens with zero attached hydrogens (tertiary/aromatic N) is 3. The van der Waals surface area contributed by atoms with Gasteiger partial charge in [-0.25, -0.2) is 4.68 Å². The molecule has 0 aromatic carbocycles. The molecule has 2 rings (SSSR count). The zero-order chi connectivity index (χ0) is 7.68. The van der Waals surface area contributed by atoms with Gasteiger partial charge in [-0.2, -0.15) is 5.10 Å². The van der Waals surface area contributed by atoms with Crippen LogP contribution in [0.3, 0.4) is 0 Å². The molecular formula is C6H4BrN3O. The fourth-order valence-corrected chi connectivity index (χ4v) is 1.04. The van der Waals surface area contributed by atoms with Crippen molar-refractivity contribution in [1.29, 1.82) is 0 Å². The summed E-state index contributed by atoms with van der Waals surface area (Å²) in [6.45, 7) is 0. The molecule has 0 amide bonds. The van der Waals surface area contributed by atoms with Gasteiger partial charge in [0.05, 0.1) is 10.7 Å². The number of hydrogen-bond donors (Lipinski definition) is 0. The quantitative estimate of drug-likeness (QED) is 0.724. The van der Waals surface area contributed by atoms with E-state index in [1.165, 1.54) is 6.26 Å². The molecule has 4 nitrogen and oxygen atoms in total. The molecule has 0 N–H and O–H groups in total. The Morgan fingerprint density at radius 2 is 2.45 bits per heavy atom. The third kappa shape index (κ3) is 1.19. The van der Waals surface area contributed by atoms with E-state index in [0.717, 1.165) is 4.47 Å². The highest BCUT2D eigenvalue weighted by molar-refractivity contribution is 9.10. The second-order valence-electron chi connectivity index (χ2n) is 1.96. The maximum Gasteiger partial charge on any atom is 0.196 e. The molecule has 0 aliphatic heterocycles. The van der Waals surface area contributed by atoms with Gasteiger partial charge >= 0.3 is 0 Å². The molecule has 0 aliphatic carbocycles. The topological polar surface area (TPSA) is 43.9 Å². The Hall–Kier alpha value is -1.10. The van der Waals surface area contributed by atoms with E-state index in [0.29, 0.717) is 5.82 Å². The van der Waals surface area contributed by atoms with Crippen LogP contribution in [0.15, 0.2) is 33.7 Å². The van der Waals surface area contributed by atoms with E-state index in [4.69, 9.17) is 0 Å². The molecule has 2 heterocycles. The van der Waals surface area contributed by atoms with Crippen LogP contribution in [0.2, 0.25) is 0 Å². The van der Waals surface area contributed by atoms with E-state index in [1.807, 2.05) is 0 Å². The van der Waals surface area contributed by atoms with E-state index >= 15 is 0 Å².